The lowest BCUT2D eigenvalue weighted by atomic mass is 10.3. The summed E-state index contributed by atoms with van der Waals surface area (Å²) in [7, 11) is 1.82. The van der Waals surface area contributed by atoms with Gasteiger partial charge in [0.05, 0.1) is 5.02 Å². The van der Waals surface area contributed by atoms with Crippen LogP contribution in [-0.2, 0) is 6.54 Å². The van der Waals surface area contributed by atoms with Gasteiger partial charge < -0.3 is 10.6 Å². The SMILES string of the molecule is CNc1ncc(CNC2CC2)cc1Cl. The Morgan fingerprint density at radius 2 is 2.36 bits per heavy atom. The Morgan fingerprint density at radius 3 is 2.93 bits per heavy atom. The molecule has 0 atom stereocenters. The summed E-state index contributed by atoms with van der Waals surface area (Å²) in [5.41, 5.74) is 1.14. The van der Waals surface area contributed by atoms with Gasteiger partial charge in [0.15, 0.2) is 0 Å². The summed E-state index contributed by atoms with van der Waals surface area (Å²) < 4.78 is 0. The zero-order valence-corrected chi connectivity index (χ0v) is 8.93. The van der Waals surface area contributed by atoms with Crippen LogP contribution in [-0.4, -0.2) is 18.1 Å². The minimum Gasteiger partial charge on any atom is -0.372 e. The Morgan fingerprint density at radius 1 is 1.57 bits per heavy atom. The molecule has 1 saturated carbocycles. The van der Waals surface area contributed by atoms with Crippen molar-refractivity contribution in [3.05, 3.63) is 22.8 Å². The number of halogens is 1. The average molecular weight is 212 g/mol. The summed E-state index contributed by atoms with van der Waals surface area (Å²) in [5, 5.41) is 7.04. The molecule has 0 amide bonds. The Bertz CT molecular complexity index is 323. The van der Waals surface area contributed by atoms with Crippen LogP contribution in [0, 0.1) is 0 Å². The second kappa shape index (κ2) is 4.15. The lowest BCUT2D eigenvalue weighted by molar-refractivity contribution is 0.686. The maximum atomic E-state index is 6.01. The largest absolute Gasteiger partial charge is 0.372 e. The summed E-state index contributed by atoms with van der Waals surface area (Å²) in [6.07, 6.45) is 4.46. The number of hydrogen-bond donors (Lipinski definition) is 2. The van der Waals surface area contributed by atoms with E-state index < -0.39 is 0 Å². The van der Waals surface area contributed by atoms with Crippen molar-refractivity contribution in [2.45, 2.75) is 25.4 Å². The predicted molar refractivity (Wildman–Crippen MR) is 58.7 cm³/mol. The molecule has 1 aliphatic carbocycles. The lowest BCUT2D eigenvalue weighted by Gasteiger charge is -2.06. The monoisotopic (exact) mass is 211 g/mol. The summed E-state index contributed by atoms with van der Waals surface area (Å²) in [6.45, 7) is 0.862. The third kappa shape index (κ3) is 2.36. The van der Waals surface area contributed by atoms with E-state index in [2.05, 4.69) is 15.6 Å². The van der Waals surface area contributed by atoms with E-state index in [1.165, 1.54) is 12.8 Å². The molecule has 1 aromatic heterocycles. The van der Waals surface area contributed by atoms with Crippen LogP contribution in [0.15, 0.2) is 12.3 Å². The van der Waals surface area contributed by atoms with Crippen LogP contribution in [0.3, 0.4) is 0 Å². The third-order valence-electron chi connectivity index (χ3n) is 2.31. The van der Waals surface area contributed by atoms with E-state index in [4.69, 9.17) is 11.6 Å². The van der Waals surface area contributed by atoms with Gasteiger partial charge in [0.25, 0.3) is 0 Å². The summed E-state index contributed by atoms with van der Waals surface area (Å²) in [6, 6.07) is 2.67. The van der Waals surface area contributed by atoms with Gasteiger partial charge in [0.2, 0.25) is 0 Å². The van der Waals surface area contributed by atoms with Gasteiger partial charge >= 0.3 is 0 Å². The number of rotatable bonds is 4. The minimum atomic E-state index is 0.683. The smallest absolute Gasteiger partial charge is 0.144 e. The lowest BCUT2D eigenvalue weighted by Crippen LogP contribution is -2.15. The number of nitrogens with zero attached hydrogens (tertiary/aromatic N) is 1. The molecule has 0 aromatic carbocycles. The molecule has 2 rings (SSSR count). The molecule has 0 spiro atoms. The van der Waals surface area contributed by atoms with Crippen molar-refractivity contribution in [1.29, 1.82) is 0 Å². The van der Waals surface area contributed by atoms with Crippen molar-refractivity contribution in [1.82, 2.24) is 10.3 Å². The number of anilines is 1. The van der Waals surface area contributed by atoms with Crippen LogP contribution in [0.1, 0.15) is 18.4 Å². The van der Waals surface area contributed by atoms with Crippen molar-refractivity contribution in [3.63, 3.8) is 0 Å². The fourth-order valence-electron chi connectivity index (χ4n) is 1.31. The molecule has 0 radical (unpaired) electrons. The second-order valence-electron chi connectivity index (χ2n) is 3.58. The maximum Gasteiger partial charge on any atom is 0.144 e. The van der Waals surface area contributed by atoms with Crippen LogP contribution in [0.2, 0.25) is 5.02 Å². The molecule has 1 fully saturated rings. The first-order chi connectivity index (χ1) is 6.79. The first kappa shape index (κ1) is 9.74. The molecule has 0 aliphatic heterocycles. The molecular weight excluding hydrogens is 198 g/mol. The molecule has 1 aliphatic rings. The van der Waals surface area contributed by atoms with E-state index >= 15 is 0 Å². The van der Waals surface area contributed by atoms with E-state index in [9.17, 15) is 0 Å². The Hall–Kier alpha value is -0.800. The average Bonchev–Trinajstić information content (AvgIpc) is 2.98. The highest BCUT2D eigenvalue weighted by molar-refractivity contribution is 6.32. The van der Waals surface area contributed by atoms with Crippen LogP contribution >= 0.6 is 11.6 Å². The van der Waals surface area contributed by atoms with Crippen molar-refractivity contribution in [2.24, 2.45) is 0 Å². The zero-order chi connectivity index (χ0) is 9.97. The van der Waals surface area contributed by atoms with E-state index in [0.717, 1.165) is 24.0 Å². The molecule has 14 heavy (non-hydrogen) atoms. The van der Waals surface area contributed by atoms with Crippen molar-refractivity contribution < 1.29 is 0 Å². The molecule has 4 heteroatoms. The van der Waals surface area contributed by atoms with Crippen LogP contribution in [0.25, 0.3) is 0 Å². The standard InChI is InChI=1S/C10H14ClN3/c1-12-10-9(11)4-7(6-14-10)5-13-8-2-3-8/h4,6,8,13H,2-3,5H2,1H3,(H,12,14). The van der Waals surface area contributed by atoms with Gasteiger partial charge in [-0.3, -0.25) is 0 Å². The van der Waals surface area contributed by atoms with E-state index in [0.29, 0.717) is 5.02 Å². The van der Waals surface area contributed by atoms with Gasteiger partial charge in [-0.1, -0.05) is 11.6 Å². The number of pyridine rings is 1. The first-order valence-corrected chi connectivity index (χ1v) is 5.23. The van der Waals surface area contributed by atoms with Crippen LogP contribution in [0.4, 0.5) is 5.82 Å². The third-order valence-corrected chi connectivity index (χ3v) is 2.59. The Kier molecular flexibility index (Phi) is 2.89. The summed E-state index contributed by atoms with van der Waals surface area (Å²) in [5.74, 6) is 0.738. The molecule has 0 bridgehead atoms. The van der Waals surface area contributed by atoms with Gasteiger partial charge in [-0.25, -0.2) is 4.98 Å². The van der Waals surface area contributed by atoms with Gasteiger partial charge in [-0.15, -0.1) is 0 Å². The van der Waals surface area contributed by atoms with Gasteiger partial charge in [-0.2, -0.15) is 0 Å². The van der Waals surface area contributed by atoms with Crippen molar-refractivity contribution >= 4 is 17.4 Å². The molecule has 2 N–H and O–H groups in total. The van der Waals surface area contributed by atoms with E-state index in [1.807, 2.05) is 19.3 Å². The van der Waals surface area contributed by atoms with E-state index in [1.54, 1.807) is 0 Å². The van der Waals surface area contributed by atoms with Crippen LogP contribution < -0.4 is 10.6 Å². The quantitative estimate of drug-likeness (QED) is 0.800. The van der Waals surface area contributed by atoms with Crippen LogP contribution in [0.5, 0.6) is 0 Å². The Labute approximate surface area is 88.9 Å². The highest BCUT2D eigenvalue weighted by Gasteiger charge is 2.19. The highest BCUT2D eigenvalue weighted by Crippen LogP contribution is 2.21. The molecule has 1 heterocycles. The minimum absolute atomic E-state index is 0.683. The summed E-state index contributed by atoms with van der Waals surface area (Å²) in [4.78, 5) is 4.21. The number of hydrogen-bond acceptors (Lipinski definition) is 3. The number of aromatic nitrogens is 1. The fraction of sp³-hybridized carbons (Fsp3) is 0.500. The summed E-state index contributed by atoms with van der Waals surface area (Å²) >= 11 is 6.01. The normalized spacial score (nSPS) is 15.6. The topological polar surface area (TPSA) is 37.0 Å². The Balaban J connectivity index is 1.99. The molecule has 0 saturated heterocycles. The predicted octanol–water partition coefficient (Wildman–Crippen LogP) is 2.03. The van der Waals surface area contributed by atoms with Gasteiger partial charge in [-0.05, 0) is 24.5 Å². The molecule has 3 nitrogen and oxygen atoms in total. The van der Waals surface area contributed by atoms with Gasteiger partial charge in [0, 0.05) is 25.8 Å². The first-order valence-electron chi connectivity index (χ1n) is 4.85. The fourth-order valence-corrected chi connectivity index (χ4v) is 1.59. The second-order valence-corrected chi connectivity index (χ2v) is 3.99. The molecular formula is C10H14ClN3. The van der Waals surface area contributed by atoms with E-state index in [-0.39, 0.29) is 0 Å². The van der Waals surface area contributed by atoms with Crippen molar-refractivity contribution in [3.8, 4) is 0 Å². The molecule has 1 aromatic rings. The molecule has 0 unspecified atom stereocenters. The zero-order valence-electron chi connectivity index (χ0n) is 8.18. The van der Waals surface area contributed by atoms with Crippen molar-refractivity contribution in [2.75, 3.05) is 12.4 Å². The maximum absolute atomic E-state index is 6.01. The molecule has 76 valence electrons. The van der Waals surface area contributed by atoms with Gasteiger partial charge in [0.1, 0.15) is 5.82 Å². The number of nitrogens with one attached hydrogen (secondary N) is 2. The highest BCUT2D eigenvalue weighted by atomic mass is 35.5.